The zero-order valence-corrected chi connectivity index (χ0v) is 14.4. The van der Waals surface area contributed by atoms with Gasteiger partial charge in [0, 0.05) is 23.8 Å². The Kier molecular flexibility index (Phi) is 6.89. The quantitative estimate of drug-likeness (QED) is 0.435. The Labute approximate surface area is 154 Å². The molecule has 2 aromatic carbocycles. The van der Waals surface area contributed by atoms with Crippen molar-refractivity contribution in [1.29, 1.82) is 0 Å². The van der Waals surface area contributed by atoms with Crippen LogP contribution in [0.5, 0.6) is 11.5 Å². The van der Waals surface area contributed by atoms with Crippen molar-refractivity contribution in [3.05, 3.63) is 70.3 Å². The Morgan fingerprint density at radius 3 is 2.48 bits per heavy atom. The average molecular weight is 371 g/mol. The third kappa shape index (κ3) is 6.16. The molecule has 0 aromatic heterocycles. The van der Waals surface area contributed by atoms with Gasteiger partial charge in [-0.1, -0.05) is 18.2 Å². The van der Waals surface area contributed by atoms with Crippen LogP contribution < -0.4 is 20.3 Å². The molecule has 0 radical (unpaired) electrons. The molecule has 0 aliphatic rings. The third-order valence-electron chi connectivity index (χ3n) is 3.30. The van der Waals surface area contributed by atoms with E-state index in [1.165, 1.54) is 37.5 Å². The Balaban J connectivity index is 1.77. The molecule has 0 aliphatic heterocycles. The molecule has 0 spiro atoms. The molecule has 0 saturated heterocycles. The molecule has 0 saturated carbocycles. The van der Waals surface area contributed by atoms with Gasteiger partial charge >= 0.3 is 0 Å². The number of nitrogens with one attached hydrogen (secondary N) is 2. The number of non-ortho nitro benzene ring substituents is 1. The van der Waals surface area contributed by atoms with Gasteiger partial charge in [-0.25, -0.2) is 0 Å². The largest absolute Gasteiger partial charge is 0.496 e. The van der Waals surface area contributed by atoms with Gasteiger partial charge in [-0.15, -0.1) is 0 Å². The minimum Gasteiger partial charge on any atom is -0.496 e. The van der Waals surface area contributed by atoms with Gasteiger partial charge in [0.1, 0.15) is 11.5 Å². The number of methoxy groups -OCH3 is 1. The van der Waals surface area contributed by atoms with Crippen molar-refractivity contribution in [2.45, 2.75) is 0 Å². The van der Waals surface area contributed by atoms with Gasteiger partial charge in [0.25, 0.3) is 17.5 Å². The van der Waals surface area contributed by atoms with Crippen LogP contribution >= 0.6 is 0 Å². The molecule has 9 nitrogen and oxygen atoms in total. The van der Waals surface area contributed by atoms with Crippen LogP contribution in [0.1, 0.15) is 5.56 Å². The monoisotopic (exact) mass is 371 g/mol. The summed E-state index contributed by atoms with van der Waals surface area (Å²) in [7, 11) is 1.53. The number of nitrogens with zero attached hydrogens (tertiary/aromatic N) is 1. The lowest BCUT2D eigenvalue weighted by Crippen LogP contribution is -2.43. The van der Waals surface area contributed by atoms with E-state index in [0.29, 0.717) is 11.3 Å². The lowest BCUT2D eigenvalue weighted by molar-refractivity contribution is -0.384. The standard InChI is InChI=1S/C18H17N3O6/c1-26-16-5-3-2-4-13(16)6-11-17(22)19-20-18(23)12-27-15-9-7-14(8-10-15)21(24)25/h2-11H,12H2,1H3,(H,19,22)(H,20,23)/b11-6+. The first-order chi connectivity index (χ1) is 13.0. The lowest BCUT2D eigenvalue weighted by atomic mass is 10.2. The number of nitro benzene ring substituents is 1. The second-order valence-electron chi connectivity index (χ2n) is 5.15. The van der Waals surface area contributed by atoms with Gasteiger partial charge < -0.3 is 9.47 Å². The topological polar surface area (TPSA) is 120 Å². The van der Waals surface area contributed by atoms with Crippen molar-refractivity contribution in [2.75, 3.05) is 13.7 Å². The first-order valence-electron chi connectivity index (χ1n) is 7.77. The molecule has 27 heavy (non-hydrogen) atoms. The van der Waals surface area contributed by atoms with Gasteiger partial charge in [-0.3, -0.25) is 30.6 Å². The molecular weight excluding hydrogens is 354 g/mol. The average Bonchev–Trinajstić information content (AvgIpc) is 2.69. The Hall–Kier alpha value is -3.88. The predicted octanol–water partition coefficient (Wildman–Crippen LogP) is 1.84. The van der Waals surface area contributed by atoms with E-state index in [9.17, 15) is 19.7 Å². The van der Waals surface area contributed by atoms with E-state index in [-0.39, 0.29) is 18.0 Å². The molecule has 0 unspecified atom stereocenters. The number of nitro groups is 1. The highest BCUT2D eigenvalue weighted by Crippen LogP contribution is 2.18. The summed E-state index contributed by atoms with van der Waals surface area (Å²) in [6.45, 7) is -0.367. The van der Waals surface area contributed by atoms with E-state index < -0.39 is 16.7 Å². The minimum atomic E-state index is -0.590. The number of benzene rings is 2. The SMILES string of the molecule is COc1ccccc1/C=C/C(=O)NNC(=O)COc1ccc([N+](=O)[O-])cc1. The molecule has 0 atom stereocenters. The first-order valence-corrected chi connectivity index (χ1v) is 7.77. The van der Waals surface area contributed by atoms with Crippen molar-refractivity contribution in [3.63, 3.8) is 0 Å². The Morgan fingerprint density at radius 2 is 1.81 bits per heavy atom. The normalized spacial score (nSPS) is 10.3. The number of rotatable bonds is 7. The molecule has 9 heteroatoms. The lowest BCUT2D eigenvalue weighted by Gasteiger charge is -2.07. The van der Waals surface area contributed by atoms with Crippen LogP contribution in [0.4, 0.5) is 5.69 Å². The molecule has 2 amide bonds. The van der Waals surface area contributed by atoms with Gasteiger partial charge in [-0.2, -0.15) is 0 Å². The van der Waals surface area contributed by atoms with E-state index in [0.717, 1.165) is 0 Å². The number of hydrazine groups is 1. The zero-order chi connectivity index (χ0) is 19.6. The maximum Gasteiger partial charge on any atom is 0.276 e. The fraction of sp³-hybridized carbons (Fsp3) is 0.111. The summed E-state index contributed by atoms with van der Waals surface area (Å²) >= 11 is 0. The smallest absolute Gasteiger partial charge is 0.276 e. The van der Waals surface area contributed by atoms with Gasteiger partial charge in [-0.05, 0) is 24.3 Å². The summed E-state index contributed by atoms with van der Waals surface area (Å²) in [6, 6.07) is 12.4. The maximum atomic E-state index is 11.7. The van der Waals surface area contributed by atoms with Gasteiger partial charge in [0.2, 0.25) is 0 Å². The van der Waals surface area contributed by atoms with E-state index in [2.05, 4.69) is 10.9 Å². The second kappa shape index (κ2) is 9.56. The number of ether oxygens (including phenoxy) is 2. The van der Waals surface area contributed by atoms with E-state index in [1.807, 2.05) is 0 Å². The molecule has 0 aliphatic carbocycles. The van der Waals surface area contributed by atoms with Crippen molar-refractivity contribution in [2.24, 2.45) is 0 Å². The van der Waals surface area contributed by atoms with E-state index >= 15 is 0 Å². The molecule has 0 bridgehead atoms. The van der Waals surface area contributed by atoms with Gasteiger partial charge in [0.05, 0.1) is 12.0 Å². The van der Waals surface area contributed by atoms with Gasteiger partial charge in [0.15, 0.2) is 6.61 Å². The molecular formula is C18H17N3O6. The van der Waals surface area contributed by atoms with Crippen LogP contribution in [0.2, 0.25) is 0 Å². The molecule has 0 heterocycles. The molecule has 2 N–H and O–H groups in total. The first kappa shape index (κ1) is 19.4. The Morgan fingerprint density at radius 1 is 1.11 bits per heavy atom. The van der Waals surface area contributed by atoms with Crippen LogP contribution in [-0.2, 0) is 9.59 Å². The van der Waals surface area contributed by atoms with Crippen LogP contribution in [0.15, 0.2) is 54.6 Å². The third-order valence-corrected chi connectivity index (χ3v) is 3.30. The van der Waals surface area contributed by atoms with Crippen molar-refractivity contribution >= 4 is 23.6 Å². The molecule has 140 valence electrons. The number of para-hydroxylation sites is 1. The summed E-state index contributed by atoms with van der Waals surface area (Å²) in [5.41, 5.74) is 5.04. The molecule has 2 rings (SSSR count). The second-order valence-corrected chi connectivity index (χ2v) is 5.15. The minimum absolute atomic E-state index is 0.0825. The fourth-order valence-corrected chi connectivity index (χ4v) is 1.99. The van der Waals surface area contributed by atoms with Crippen LogP contribution in [-0.4, -0.2) is 30.5 Å². The maximum absolute atomic E-state index is 11.7. The van der Waals surface area contributed by atoms with Crippen molar-refractivity contribution in [3.8, 4) is 11.5 Å². The highest BCUT2D eigenvalue weighted by atomic mass is 16.6. The number of amides is 2. The summed E-state index contributed by atoms with van der Waals surface area (Å²) < 4.78 is 10.3. The molecule has 2 aromatic rings. The number of carbonyl (C=O) groups is 2. The highest BCUT2D eigenvalue weighted by molar-refractivity contribution is 5.93. The van der Waals surface area contributed by atoms with E-state index in [4.69, 9.17) is 9.47 Å². The Bertz CT molecular complexity index is 848. The predicted molar refractivity (Wildman–Crippen MR) is 96.9 cm³/mol. The summed E-state index contributed by atoms with van der Waals surface area (Å²) in [6.07, 6.45) is 2.79. The number of hydrogen-bond acceptors (Lipinski definition) is 6. The van der Waals surface area contributed by atoms with Crippen molar-refractivity contribution < 1.29 is 24.0 Å². The van der Waals surface area contributed by atoms with Crippen LogP contribution in [0, 0.1) is 10.1 Å². The highest BCUT2D eigenvalue weighted by Gasteiger charge is 2.07. The molecule has 0 fully saturated rings. The van der Waals surface area contributed by atoms with E-state index in [1.54, 1.807) is 30.3 Å². The summed E-state index contributed by atoms with van der Waals surface area (Å²) in [5, 5.41) is 10.6. The van der Waals surface area contributed by atoms with Crippen LogP contribution in [0.25, 0.3) is 6.08 Å². The number of hydrogen-bond donors (Lipinski definition) is 2. The van der Waals surface area contributed by atoms with Crippen molar-refractivity contribution in [1.82, 2.24) is 10.9 Å². The zero-order valence-electron chi connectivity index (χ0n) is 14.4. The summed E-state index contributed by atoms with van der Waals surface area (Å²) in [4.78, 5) is 33.4. The van der Waals surface area contributed by atoms with Crippen LogP contribution in [0.3, 0.4) is 0 Å². The summed E-state index contributed by atoms with van der Waals surface area (Å²) in [5.74, 6) is -0.225. The fourth-order valence-electron chi connectivity index (χ4n) is 1.99. The number of carbonyl (C=O) groups excluding carboxylic acids is 2.